The van der Waals surface area contributed by atoms with E-state index in [9.17, 15) is 9.90 Å². The molecule has 0 saturated carbocycles. The molecule has 2 atom stereocenters. The number of nitrogens with zero attached hydrogens (tertiary/aromatic N) is 1. The fourth-order valence-electron chi connectivity index (χ4n) is 2.58. The second-order valence-electron chi connectivity index (χ2n) is 4.90. The molecule has 1 amide bonds. The molecule has 0 aliphatic carbocycles. The molecule has 2 saturated heterocycles. The van der Waals surface area contributed by atoms with Crippen molar-refractivity contribution in [2.75, 3.05) is 19.7 Å². The lowest BCUT2D eigenvalue weighted by atomic mass is 9.92. The maximum atomic E-state index is 12.0. The summed E-state index contributed by atoms with van der Waals surface area (Å²) in [6, 6.07) is 0. The van der Waals surface area contributed by atoms with E-state index in [4.69, 9.17) is 4.74 Å². The maximum Gasteiger partial charge on any atom is 0.251 e. The lowest BCUT2D eigenvalue weighted by Gasteiger charge is -2.34. The first-order chi connectivity index (χ1) is 7.68. The molecule has 92 valence electrons. The van der Waals surface area contributed by atoms with Gasteiger partial charge in [-0.25, -0.2) is 0 Å². The summed E-state index contributed by atoms with van der Waals surface area (Å²) < 4.78 is 5.40. The Hall–Kier alpha value is -0.610. The summed E-state index contributed by atoms with van der Waals surface area (Å²) in [4.78, 5) is 13.9. The van der Waals surface area contributed by atoms with Crippen molar-refractivity contribution in [3.05, 3.63) is 0 Å². The highest BCUT2D eigenvalue weighted by atomic mass is 16.5. The van der Waals surface area contributed by atoms with Gasteiger partial charge in [-0.2, -0.15) is 0 Å². The molecule has 0 radical (unpaired) electrons. The zero-order chi connectivity index (χ0) is 11.5. The predicted molar refractivity (Wildman–Crippen MR) is 60.0 cm³/mol. The number of ether oxygens (including phenoxy) is 1. The molecule has 0 bridgehead atoms. The quantitative estimate of drug-likeness (QED) is 0.758. The Morgan fingerprint density at radius 3 is 2.56 bits per heavy atom. The molecule has 2 aliphatic rings. The minimum atomic E-state index is -0.250. The van der Waals surface area contributed by atoms with E-state index in [1.165, 1.54) is 0 Å². The van der Waals surface area contributed by atoms with Gasteiger partial charge in [0.05, 0.1) is 6.10 Å². The first kappa shape index (κ1) is 11.9. The van der Waals surface area contributed by atoms with E-state index in [0.717, 1.165) is 45.4 Å². The van der Waals surface area contributed by atoms with Crippen LogP contribution in [0.25, 0.3) is 0 Å². The van der Waals surface area contributed by atoms with E-state index in [-0.39, 0.29) is 18.1 Å². The highest BCUT2D eigenvalue weighted by Crippen LogP contribution is 2.23. The number of aliphatic hydroxyl groups is 1. The van der Waals surface area contributed by atoms with E-state index in [2.05, 4.69) is 0 Å². The molecule has 4 nitrogen and oxygen atoms in total. The highest BCUT2D eigenvalue weighted by Gasteiger charge is 2.31. The number of rotatable bonds is 2. The molecule has 0 spiro atoms. The third-order valence-corrected chi connectivity index (χ3v) is 3.74. The van der Waals surface area contributed by atoms with E-state index < -0.39 is 0 Å². The minimum Gasteiger partial charge on any atom is -0.393 e. The van der Waals surface area contributed by atoms with Crippen LogP contribution >= 0.6 is 0 Å². The number of piperidine rings is 1. The van der Waals surface area contributed by atoms with E-state index in [1.54, 1.807) is 0 Å². The lowest BCUT2D eigenvalue weighted by Crippen LogP contribution is -2.45. The van der Waals surface area contributed by atoms with Gasteiger partial charge in [-0.1, -0.05) is 0 Å². The van der Waals surface area contributed by atoms with Crippen molar-refractivity contribution < 1.29 is 14.6 Å². The van der Waals surface area contributed by atoms with Crippen molar-refractivity contribution in [1.29, 1.82) is 0 Å². The summed E-state index contributed by atoms with van der Waals surface area (Å²) in [7, 11) is 0. The summed E-state index contributed by atoms with van der Waals surface area (Å²) in [5.41, 5.74) is 0. The standard InChI is InChI=1S/C12H21NO3/c1-9(14)10-4-6-13(7-5-10)12(15)11-3-2-8-16-11/h9-11,14H,2-8H2,1H3/t9?,11-/m1/s1. The Morgan fingerprint density at radius 1 is 1.38 bits per heavy atom. The van der Waals surface area contributed by atoms with Gasteiger partial charge in [0, 0.05) is 19.7 Å². The van der Waals surface area contributed by atoms with Crippen molar-refractivity contribution in [3.8, 4) is 0 Å². The van der Waals surface area contributed by atoms with Crippen LogP contribution in [0, 0.1) is 5.92 Å². The number of hydrogen-bond donors (Lipinski definition) is 1. The summed E-state index contributed by atoms with van der Waals surface area (Å²) >= 11 is 0. The van der Waals surface area contributed by atoms with Gasteiger partial charge in [-0.3, -0.25) is 4.79 Å². The zero-order valence-corrected chi connectivity index (χ0v) is 9.89. The minimum absolute atomic E-state index is 0.154. The van der Waals surface area contributed by atoms with Crippen LogP contribution in [0.5, 0.6) is 0 Å². The summed E-state index contributed by atoms with van der Waals surface area (Å²) in [6.45, 7) is 4.10. The molecule has 16 heavy (non-hydrogen) atoms. The summed E-state index contributed by atoms with van der Waals surface area (Å²) in [5, 5.41) is 9.49. The van der Waals surface area contributed by atoms with Crippen LogP contribution in [0.1, 0.15) is 32.6 Å². The van der Waals surface area contributed by atoms with Crippen LogP contribution in [0.15, 0.2) is 0 Å². The van der Waals surface area contributed by atoms with Crippen LogP contribution in [0.2, 0.25) is 0 Å². The van der Waals surface area contributed by atoms with E-state index in [0.29, 0.717) is 5.92 Å². The molecule has 2 heterocycles. The fourth-order valence-corrected chi connectivity index (χ4v) is 2.58. The first-order valence-corrected chi connectivity index (χ1v) is 6.27. The molecule has 0 aromatic carbocycles. The van der Waals surface area contributed by atoms with E-state index >= 15 is 0 Å². The Kier molecular flexibility index (Phi) is 3.82. The lowest BCUT2D eigenvalue weighted by molar-refractivity contribution is -0.142. The molecule has 2 fully saturated rings. The van der Waals surface area contributed by atoms with Crippen LogP contribution in [-0.2, 0) is 9.53 Å². The molecule has 4 heteroatoms. The highest BCUT2D eigenvalue weighted by molar-refractivity contribution is 5.81. The summed E-state index contributed by atoms with van der Waals surface area (Å²) in [6.07, 6.45) is 3.25. The number of carbonyl (C=O) groups is 1. The smallest absolute Gasteiger partial charge is 0.251 e. The number of amides is 1. The van der Waals surface area contributed by atoms with Gasteiger partial charge in [0.25, 0.3) is 5.91 Å². The average molecular weight is 227 g/mol. The molecular weight excluding hydrogens is 206 g/mol. The van der Waals surface area contributed by atoms with Crippen LogP contribution in [0.3, 0.4) is 0 Å². The Balaban J connectivity index is 1.81. The molecule has 2 aliphatic heterocycles. The monoisotopic (exact) mass is 227 g/mol. The molecule has 0 aromatic rings. The van der Waals surface area contributed by atoms with Gasteiger partial charge in [0.1, 0.15) is 6.10 Å². The molecular formula is C12H21NO3. The molecule has 1 unspecified atom stereocenters. The Labute approximate surface area is 96.6 Å². The first-order valence-electron chi connectivity index (χ1n) is 6.27. The van der Waals surface area contributed by atoms with Crippen LogP contribution in [-0.4, -0.2) is 47.8 Å². The zero-order valence-electron chi connectivity index (χ0n) is 9.89. The van der Waals surface area contributed by atoms with Gasteiger partial charge in [-0.05, 0) is 38.5 Å². The predicted octanol–water partition coefficient (Wildman–Crippen LogP) is 0.785. The van der Waals surface area contributed by atoms with Crippen molar-refractivity contribution in [2.24, 2.45) is 5.92 Å². The third kappa shape index (κ3) is 2.55. The van der Waals surface area contributed by atoms with Crippen molar-refractivity contribution in [2.45, 2.75) is 44.8 Å². The van der Waals surface area contributed by atoms with Gasteiger partial charge >= 0.3 is 0 Å². The van der Waals surface area contributed by atoms with E-state index in [1.807, 2.05) is 11.8 Å². The molecule has 1 N–H and O–H groups in total. The van der Waals surface area contributed by atoms with Gasteiger partial charge in [-0.15, -0.1) is 0 Å². The maximum absolute atomic E-state index is 12.0. The van der Waals surface area contributed by atoms with Gasteiger partial charge in [0.2, 0.25) is 0 Å². The largest absolute Gasteiger partial charge is 0.393 e. The summed E-state index contributed by atoms with van der Waals surface area (Å²) in [5.74, 6) is 0.509. The van der Waals surface area contributed by atoms with Crippen molar-refractivity contribution in [1.82, 2.24) is 4.90 Å². The Bertz CT molecular complexity index is 241. The fraction of sp³-hybridized carbons (Fsp3) is 0.917. The number of aliphatic hydroxyl groups excluding tert-OH is 1. The average Bonchev–Trinajstić information content (AvgIpc) is 2.81. The molecule has 0 aromatic heterocycles. The topological polar surface area (TPSA) is 49.8 Å². The SMILES string of the molecule is CC(O)C1CCN(C(=O)[C@H]2CCCO2)CC1. The van der Waals surface area contributed by atoms with Crippen LogP contribution in [0.4, 0.5) is 0 Å². The second kappa shape index (κ2) is 5.15. The normalized spacial score (nSPS) is 29.4. The van der Waals surface area contributed by atoms with Crippen LogP contribution < -0.4 is 0 Å². The van der Waals surface area contributed by atoms with Crippen molar-refractivity contribution in [3.63, 3.8) is 0 Å². The van der Waals surface area contributed by atoms with Crippen molar-refractivity contribution >= 4 is 5.91 Å². The third-order valence-electron chi connectivity index (χ3n) is 3.74. The molecule has 2 rings (SSSR count). The number of likely N-dealkylation sites (tertiary alicyclic amines) is 1. The Morgan fingerprint density at radius 2 is 2.06 bits per heavy atom. The number of hydrogen-bond acceptors (Lipinski definition) is 3. The second-order valence-corrected chi connectivity index (χ2v) is 4.90. The van der Waals surface area contributed by atoms with Gasteiger partial charge < -0.3 is 14.7 Å². The number of carbonyl (C=O) groups excluding carboxylic acids is 1. The van der Waals surface area contributed by atoms with Gasteiger partial charge in [0.15, 0.2) is 0 Å².